The molecule has 0 aliphatic carbocycles. The standard InChI is InChI=1S/C22H20N2O5/c25-22(29-15-16-6-2-1-3-7-16)18(14-23-26)10-12-20-19-9-5-4-8-17(19)11-13-21(20)24(27)28/h1-9,11,13-14,18,26H,10,12,15H2/b23-14-. The zero-order chi connectivity index (χ0) is 20.6. The highest BCUT2D eigenvalue weighted by atomic mass is 16.6. The highest BCUT2D eigenvalue weighted by molar-refractivity contribution is 5.91. The molecule has 0 radical (unpaired) electrons. The summed E-state index contributed by atoms with van der Waals surface area (Å²) in [5.74, 6) is -1.36. The fraction of sp³-hybridized carbons (Fsp3) is 0.182. The van der Waals surface area contributed by atoms with Crippen LogP contribution in [0.4, 0.5) is 5.69 Å². The van der Waals surface area contributed by atoms with E-state index in [1.807, 2.05) is 54.6 Å². The summed E-state index contributed by atoms with van der Waals surface area (Å²) in [5.41, 5.74) is 1.38. The number of nitrogens with zero attached hydrogens (tertiary/aromatic N) is 2. The lowest BCUT2D eigenvalue weighted by molar-refractivity contribution is -0.385. The van der Waals surface area contributed by atoms with Gasteiger partial charge in [-0.25, -0.2) is 0 Å². The summed E-state index contributed by atoms with van der Waals surface area (Å²) in [6.45, 7) is 0.101. The lowest BCUT2D eigenvalue weighted by Gasteiger charge is -2.13. The Hall–Kier alpha value is -3.74. The van der Waals surface area contributed by atoms with Crippen LogP contribution in [-0.2, 0) is 22.6 Å². The van der Waals surface area contributed by atoms with Crippen molar-refractivity contribution < 1.29 is 19.7 Å². The molecule has 3 rings (SSSR count). The van der Waals surface area contributed by atoms with E-state index in [0.717, 1.165) is 22.6 Å². The van der Waals surface area contributed by atoms with E-state index < -0.39 is 16.8 Å². The number of carbonyl (C=O) groups excluding carboxylic acids is 1. The second-order valence-electron chi connectivity index (χ2n) is 6.54. The van der Waals surface area contributed by atoms with Gasteiger partial charge in [0.15, 0.2) is 0 Å². The van der Waals surface area contributed by atoms with E-state index >= 15 is 0 Å². The van der Waals surface area contributed by atoms with Gasteiger partial charge in [0.05, 0.1) is 17.1 Å². The van der Waals surface area contributed by atoms with Crippen molar-refractivity contribution in [1.82, 2.24) is 0 Å². The molecular formula is C22H20N2O5. The fourth-order valence-electron chi connectivity index (χ4n) is 3.23. The maximum atomic E-state index is 12.5. The number of benzene rings is 3. The monoisotopic (exact) mass is 392 g/mol. The van der Waals surface area contributed by atoms with Crippen LogP contribution in [0.3, 0.4) is 0 Å². The van der Waals surface area contributed by atoms with E-state index in [2.05, 4.69) is 5.16 Å². The second-order valence-corrected chi connectivity index (χ2v) is 6.54. The van der Waals surface area contributed by atoms with E-state index in [-0.39, 0.29) is 25.1 Å². The molecule has 148 valence electrons. The molecule has 0 aliphatic heterocycles. The van der Waals surface area contributed by atoms with Gasteiger partial charge in [0.1, 0.15) is 6.61 Å². The van der Waals surface area contributed by atoms with Crippen LogP contribution in [-0.4, -0.2) is 22.3 Å². The number of aryl methyl sites for hydroxylation is 1. The maximum absolute atomic E-state index is 12.5. The van der Waals surface area contributed by atoms with Crippen LogP contribution in [0.15, 0.2) is 71.9 Å². The molecule has 29 heavy (non-hydrogen) atoms. The van der Waals surface area contributed by atoms with Crippen LogP contribution in [0.25, 0.3) is 10.8 Å². The number of nitro groups is 1. The fourth-order valence-corrected chi connectivity index (χ4v) is 3.23. The van der Waals surface area contributed by atoms with E-state index in [0.29, 0.717) is 5.56 Å². The molecule has 0 spiro atoms. The molecule has 0 bridgehead atoms. The average molecular weight is 392 g/mol. The molecule has 0 fully saturated rings. The van der Waals surface area contributed by atoms with Crippen LogP contribution < -0.4 is 0 Å². The largest absolute Gasteiger partial charge is 0.460 e. The molecule has 0 amide bonds. The highest BCUT2D eigenvalue weighted by Crippen LogP contribution is 2.30. The number of nitro benzene ring substituents is 1. The summed E-state index contributed by atoms with van der Waals surface area (Å²) >= 11 is 0. The summed E-state index contributed by atoms with van der Waals surface area (Å²) in [4.78, 5) is 23.5. The maximum Gasteiger partial charge on any atom is 0.314 e. The average Bonchev–Trinajstić information content (AvgIpc) is 2.75. The third kappa shape index (κ3) is 4.95. The molecule has 1 atom stereocenters. The number of hydrogen-bond donors (Lipinski definition) is 1. The summed E-state index contributed by atoms with van der Waals surface area (Å²) in [7, 11) is 0. The Morgan fingerprint density at radius 1 is 1.10 bits per heavy atom. The quantitative estimate of drug-likeness (QED) is 0.200. The van der Waals surface area contributed by atoms with Gasteiger partial charge in [-0.2, -0.15) is 0 Å². The zero-order valence-corrected chi connectivity index (χ0v) is 15.6. The molecule has 7 nitrogen and oxygen atoms in total. The first-order valence-electron chi connectivity index (χ1n) is 9.13. The van der Waals surface area contributed by atoms with Gasteiger partial charge < -0.3 is 9.94 Å². The van der Waals surface area contributed by atoms with Gasteiger partial charge in [0.2, 0.25) is 0 Å². The molecule has 1 unspecified atom stereocenters. The summed E-state index contributed by atoms with van der Waals surface area (Å²) in [6, 6.07) is 19.8. The van der Waals surface area contributed by atoms with Crippen LogP contribution in [0.5, 0.6) is 0 Å². The van der Waals surface area contributed by atoms with Crippen molar-refractivity contribution in [3.8, 4) is 0 Å². The van der Waals surface area contributed by atoms with Gasteiger partial charge in [-0.15, -0.1) is 5.16 Å². The molecule has 3 aromatic carbocycles. The molecule has 0 saturated heterocycles. The number of hydrogen-bond acceptors (Lipinski definition) is 6. The number of esters is 1. The third-order valence-corrected chi connectivity index (χ3v) is 4.69. The van der Waals surface area contributed by atoms with Crippen molar-refractivity contribution >= 4 is 28.6 Å². The Bertz CT molecular complexity index is 1030. The normalized spacial score (nSPS) is 12.1. The Morgan fingerprint density at radius 2 is 1.83 bits per heavy atom. The first-order valence-corrected chi connectivity index (χ1v) is 9.13. The van der Waals surface area contributed by atoms with Crippen LogP contribution in [0, 0.1) is 16.0 Å². The Labute approximate surface area is 167 Å². The molecule has 0 aromatic heterocycles. The van der Waals surface area contributed by atoms with Crippen LogP contribution >= 0.6 is 0 Å². The highest BCUT2D eigenvalue weighted by Gasteiger charge is 2.22. The Kier molecular flexibility index (Phi) is 6.52. The summed E-state index contributed by atoms with van der Waals surface area (Å²) in [6.07, 6.45) is 1.58. The molecule has 1 N–H and O–H groups in total. The topological polar surface area (TPSA) is 102 Å². The predicted octanol–water partition coefficient (Wildman–Crippen LogP) is 4.50. The summed E-state index contributed by atoms with van der Waals surface area (Å²) < 4.78 is 5.32. The zero-order valence-electron chi connectivity index (χ0n) is 15.6. The van der Waals surface area contributed by atoms with Crippen molar-refractivity contribution in [2.45, 2.75) is 19.4 Å². The lowest BCUT2D eigenvalue weighted by atomic mass is 9.95. The summed E-state index contributed by atoms with van der Waals surface area (Å²) in [5, 5.41) is 25.0. The molecule has 0 heterocycles. The van der Waals surface area contributed by atoms with Crippen LogP contribution in [0.1, 0.15) is 17.5 Å². The van der Waals surface area contributed by atoms with Crippen molar-refractivity contribution in [2.24, 2.45) is 11.1 Å². The third-order valence-electron chi connectivity index (χ3n) is 4.69. The van der Waals surface area contributed by atoms with Crippen molar-refractivity contribution in [3.05, 3.63) is 88.0 Å². The first-order chi connectivity index (χ1) is 14.1. The van der Waals surface area contributed by atoms with E-state index in [1.54, 1.807) is 6.07 Å². The van der Waals surface area contributed by atoms with Crippen molar-refractivity contribution in [1.29, 1.82) is 0 Å². The van der Waals surface area contributed by atoms with Gasteiger partial charge in [0, 0.05) is 11.6 Å². The first kappa shape index (κ1) is 20.0. The number of carbonyl (C=O) groups is 1. The number of oxime groups is 1. The van der Waals surface area contributed by atoms with Gasteiger partial charge in [-0.1, -0.05) is 54.6 Å². The molecule has 0 saturated carbocycles. The lowest BCUT2D eigenvalue weighted by Crippen LogP contribution is -2.20. The smallest absolute Gasteiger partial charge is 0.314 e. The van der Waals surface area contributed by atoms with Crippen LogP contribution in [0.2, 0.25) is 0 Å². The second kappa shape index (κ2) is 9.45. The van der Waals surface area contributed by atoms with E-state index in [1.165, 1.54) is 6.07 Å². The van der Waals surface area contributed by atoms with E-state index in [9.17, 15) is 14.9 Å². The molecule has 0 aliphatic rings. The van der Waals surface area contributed by atoms with Crippen molar-refractivity contribution in [2.75, 3.05) is 0 Å². The van der Waals surface area contributed by atoms with Gasteiger partial charge in [-0.05, 0) is 35.2 Å². The predicted molar refractivity (Wildman–Crippen MR) is 109 cm³/mol. The minimum absolute atomic E-state index is 0.000963. The molecule has 3 aromatic rings. The molecule has 7 heteroatoms. The molecular weight excluding hydrogens is 372 g/mol. The SMILES string of the molecule is O=C(OCc1ccccc1)C(/C=N\O)CCc1c([N+](=O)[O-])ccc2ccccc12. The van der Waals surface area contributed by atoms with Gasteiger partial charge in [0.25, 0.3) is 5.69 Å². The minimum atomic E-state index is -0.817. The minimum Gasteiger partial charge on any atom is -0.460 e. The Balaban J connectivity index is 1.77. The van der Waals surface area contributed by atoms with Crippen molar-refractivity contribution in [3.63, 3.8) is 0 Å². The van der Waals surface area contributed by atoms with E-state index in [4.69, 9.17) is 9.94 Å². The number of rotatable bonds is 8. The Morgan fingerprint density at radius 3 is 2.55 bits per heavy atom. The van der Waals surface area contributed by atoms with Gasteiger partial charge in [-0.3, -0.25) is 14.9 Å². The number of ether oxygens (including phenoxy) is 1. The van der Waals surface area contributed by atoms with Gasteiger partial charge >= 0.3 is 5.97 Å². The number of fused-ring (bicyclic) bond motifs is 1.